The van der Waals surface area contributed by atoms with Gasteiger partial charge in [-0.05, 0) is 26.2 Å². The molecule has 0 aliphatic carbocycles. The maximum Gasteiger partial charge on any atom is 0.135 e. The number of nitrogens with zero attached hydrogens (tertiary/aromatic N) is 2. The number of nitrogens with one attached hydrogen (secondary N) is 1. The largest absolute Gasteiger partial charge is 0.383 e. The van der Waals surface area contributed by atoms with Gasteiger partial charge in [0.25, 0.3) is 0 Å². The molecular weight excluding hydrogens is 212 g/mol. The van der Waals surface area contributed by atoms with Gasteiger partial charge in [0.15, 0.2) is 0 Å². The summed E-state index contributed by atoms with van der Waals surface area (Å²) in [6.45, 7) is 10.7. The Morgan fingerprint density at radius 2 is 2.00 bits per heavy atom. The van der Waals surface area contributed by atoms with E-state index in [1.165, 1.54) is 6.33 Å². The van der Waals surface area contributed by atoms with Gasteiger partial charge in [-0.1, -0.05) is 27.2 Å². The third-order valence-corrected chi connectivity index (χ3v) is 2.82. The molecule has 0 aromatic carbocycles. The molecule has 0 amide bonds. The molecule has 17 heavy (non-hydrogen) atoms. The van der Waals surface area contributed by atoms with E-state index < -0.39 is 0 Å². The van der Waals surface area contributed by atoms with Crippen molar-refractivity contribution in [2.45, 2.75) is 58.9 Å². The predicted molar refractivity (Wildman–Crippen MR) is 73.1 cm³/mol. The number of rotatable bonds is 5. The summed E-state index contributed by atoms with van der Waals surface area (Å²) in [5.74, 6) is 1.76. The molecule has 4 nitrogen and oxygen atoms in total. The first-order valence-corrected chi connectivity index (χ1v) is 6.26. The normalized spacial score (nSPS) is 11.9. The highest BCUT2D eigenvalue weighted by Gasteiger charge is 2.20. The molecule has 1 heterocycles. The van der Waals surface area contributed by atoms with Crippen LogP contribution in [0.5, 0.6) is 0 Å². The Hall–Kier alpha value is -1.32. The first kappa shape index (κ1) is 13.7. The molecule has 4 heteroatoms. The first-order chi connectivity index (χ1) is 7.87. The monoisotopic (exact) mass is 236 g/mol. The summed E-state index contributed by atoms with van der Waals surface area (Å²) in [6.07, 6.45) is 3.75. The number of anilines is 2. The minimum absolute atomic E-state index is 0.0270. The summed E-state index contributed by atoms with van der Waals surface area (Å²) >= 11 is 0. The lowest BCUT2D eigenvalue weighted by atomic mass is 9.97. The Morgan fingerprint density at radius 1 is 1.35 bits per heavy atom. The van der Waals surface area contributed by atoms with Crippen LogP contribution < -0.4 is 11.1 Å². The lowest BCUT2D eigenvalue weighted by Crippen LogP contribution is -2.31. The minimum Gasteiger partial charge on any atom is -0.383 e. The van der Waals surface area contributed by atoms with Crippen molar-refractivity contribution in [3.05, 3.63) is 11.9 Å². The molecule has 0 fully saturated rings. The Kier molecular flexibility index (Phi) is 4.32. The summed E-state index contributed by atoms with van der Waals surface area (Å²) in [6, 6.07) is 0. The van der Waals surface area contributed by atoms with Crippen LogP contribution in [0.15, 0.2) is 6.33 Å². The zero-order valence-electron chi connectivity index (χ0n) is 11.5. The molecule has 0 unspecified atom stereocenters. The highest BCUT2D eigenvalue weighted by atomic mass is 15.1. The molecule has 0 aliphatic heterocycles. The van der Waals surface area contributed by atoms with Gasteiger partial charge in [-0.3, -0.25) is 0 Å². The maximum atomic E-state index is 5.92. The standard InChI is InChI=1S/C13H24N4/c1-6-7-13(4,5)17-12-10(9(2)3)11(14)15-8-16-12/h8-9H,6-7H2,1-5H3,(H3,14,15,16,17). The van der Waals surface area contributed by atoms with Crippen LogP contribution in [0.2, 0.25) is 0 Å². The van der Waals surface area contributed by atoms with Crippen molar-refractivity contribution in [2.75, 3.05) is 11.1 Å². The molecule has 1 aromatic heterocycles. The van der Waals surface area contributed by atoms with E-state index in [-0.39, 0.29) is 5.54 Å². The Labute approximate surface area is 104 Å². The van der Waals surface area contributed by atoms with Crippen LogP contribution in [0.4, 0.5) is 11.6 Å². The summed E-state index contributed by atoms with van der Waals surface area (Å²) in [7, 11) is 0. The van der Waals surface area contributed by atoms with E-state index in [0.717, 1.165) is 24.2 Å². The van der Waals surface area contributed by atoms with E-state index in [9.17, 15) is 0 Å². The van der Waals surface area contributed by atoms with Gasteiger partial charge in [-0.15, -0.1) is 0 Å². The van der Waals surface area contributed by atoms with Crippen LogP contribution in [0.3, 0.4) is 0 Å². The molecule has 0 bridgehead atoms. The molecule has 96 valence electrons. The van der Waals surface area contributed by atoms with E-state index in [4.69, 9.17) is 5.73 Å². The second kappa shape index (κ2) is 5.34. The van der Waals surface area contributed by atoms with E-state index in [1.54, 1.807) is 0 Å². The van der Waals surface area contributed by atoms with Crippen molar-refractivity contribution in [1.82, 2.24) is 9.97 Å². The SMILES string of the molecule is CCCC(C)(C)Nc1ncnc(N)c1C(C)C. The fourth-order valence-electron chi connectivity index (χ4n) is 2.09. The second-order valence-electron chi connectivity index (χ2n) is 5.43. The predicted octanol–water partition coefficient (Wildman–Crippen LogP) is 3.17. The minimum atomic E-state index is 0.0270. The van der Waals surface area contributed by atoms with Crippen molar-refractivity contribution in [1.29, 1.82) is 0 Å². The zero-order chi connectivity index (χ0) is 13.1. The van der Waals surface area contributed by atoms with Crippen LogP contribution >= 0.6 is 0 Å². The van der Waals surface area contributed by atoms with Crippen LogP contribution in [-0.4, -0.2) is 15.5 Å². The summed E-state index contributed by atoms with van der Waals surface area (Å²) in [5, 5.41) is 3.48. The second-order valence-corrected chi connectivity index (χ2v) is 5.43. The molecule has 0 spiro atoms. The van der Waals surface area contributed by atoms with Crippen molar-refractivity contribution >= 4 is 11.6 Å². The maximum absolute atomic E-state index is 5.92. The van der Waals surface area contributed by atoms with Crippen LogP contribution in [0, 0.1) is 0 Å². The number of hydrogen-bond acceptors (Lipinski definition) is 4. The Bertz CT molecular complexity index is 372. The number of nitrogens with two attached hydrogens (primary N) is 1. The third kappa shape index (κ3) is 3.58. The van der Waals surface area contributed by atoms with Gasteiger partial charge in [-0.2, -0.15) is 0 Å². The lowest BCUT2D eigenvalue weighted by Gasteiger charge is -2.28. The molecule has 0 atom stereocenters. The zero-order valence-corrected chi connectivity index (χ0v) is 11.5. The highest BCUT2D eigenvalue weighted by Crippen LogP contribution is 2.29. The quantitative estimate of drug-likeness (QED) is 0.824. The molecule has 0 saturated carbocycles. The number of hydrogen-bond donors (Lipinski definition) is 2. The third-order valence-electron chi connectivity index (χ3n) is 2.82. The van der Waals surface area contributed by atoms with E-state index in [2.05, 4.69) is 49.9 Å². The van der Waals surface area contributed by atoms with E-state index >= 15 is 0 Å². The van der Waals surface area contributed by atoms with Gasteiger partial charge in [0.05, 0.1) is 0 Å². The Morgan fingerprint density at radius 3 is 2.53 bits per heavy atom. The van der Waals surface area contributed by atoms with Crippen LogP contribution in [0.25, 0.3) is 0 Å². The van der Waals surface area contributed by atoms with Gasteiger partial charge in [0.2, 0.25) is 0 Å². The molecule has 0 saturated heterocycles. The van der Waals surface area contributed by atoms with Crippen molar-refractivity contribution in [3.63, 3.8) is 0 Å². The van der Waals surface area contributed by atoms with Crippen molar-refractivity contribution in [2.24, 2.45) is 0 Å². The molecular formula is C13H24N4. The van der Waals surface area contributed by atoms with E-state index in [1.807, 2.05) is 0 Å². The average molecular weight is 236 g/mol. The van der Waals surface area contributed by atoms with Crippen molar-refractivity contribution < 1.29 is 0 Å². The van der Waals surface area contributed by atoms with Gasteiger partial charge in [-0.25, -0.2) is 9.97 Å². The summed E-state index contributed by atoms with van der Waals surface area (Å²) < 4.78 is 0. The van der Waals surface area contributed by atoms with Gasteiger partial charge >= 0.3 is 0 Å². The van der Waals surface area contributed by atoms with Gasteiger partial charge < -0.3 is 11.1 Å². The average Bonchev–Trinajstić information content (AvgIpc) is 2.15. The fourth-order valence-corrected chi connectivity index (χ4v) is 2.09. The van der Waals surface area contributed by atoms with E-state index in [0.29, 0.717) is 11.7 Å². The first-order valence-electron chi connectivity index (χ1n) is 6.26. The van der Waals surface area contributed by atoms with Crippen LogP contribution in [0.1, 0.15) is 58.9 Å². The van der Waals surface area contributed by atoms with Crippen molar-refractivity contribution in [3.8, 4) is 0 Å². The van der Waals surface area contributed by atoms with Gasteiger partial charge in [0.1, 0.15) is 18.0 Å². The molecule has 1 rings (SSSR count). The number of nitrogen functional groups attached to an aromatic ring is 1. The van der Waals surface area contributed by atoms with Crippen LogP contribution in [-0.2, 0) is 0 Å². The summed E-state index contributed by atoms with van der Waals surface area (Å²) in [4.78, 5) is 8.39. The molecule has 1 aromatic rings. The lowest BCUT2D eigenvalue weighted by molar-refractivity contribution is 0.508. The highest BCUT2D eigenvalue weighted by molar-refractivity contribution is 5.57. The molecule has 3 N–H and O–H groups in total. The number of aromatic nitrogens is 2. The topological polar surface area (TPSA) is 63.8 Å². The smallest absolute Gasteiger partial charge is 0.135 e. The molecule has 0 aliphatic rings. The Balaban J connectivity index is 3.02. The fraction of sp³-hybridized carbons (Fsp3) is 0.692. The van der Waals surface area contributed by atoms with Gasteiger partial charge in [0, 0.05) is 11.1 Å². The molecule has 0 radical (unpaired) electrons. The summed E-state index contributed by atoms with van der Waals surface area (Å²) in [5.41, 5.74) is 6.96.